The van der Waals surface area contributed by atoms with E-state index in [4.69, 9.17) is 14.5 Å². The predicted octanol–water partition coefficient (Wildman–Crippen LogP) is 4.46. The summed E-state index contributed by atoms with van der Waals surface area (Å²) in [6, 6.07) is 6.17. The largest absolute Gasteiger partial charge is 0.494 e. The van der Waals surface area contributed by atoms with E-state index in [1.54, 1.807) is 7.11 Å². The number of carbonyl (C=O) groups excluding carboxylic acids is 1. The van der Waals surface area contributed by atoms with Crippen LogP contribution in [0, 0.1) is 17.8 Å². The highest BCUT2D eigenvalue weighted by molar-refractivity contribution is 7.17. The molecule has 1 aromatic carbocycles. The molecule has 1 amide bonds. The lowest BCUT2D eigenvalue weighted by Gasteiger charge is -2.26. The molecular weight excluding hydrogens is 498 g/mol. The fourth-order valence-electron chi connectivity index (χ4n) is 6.30. The highest BCUT2D eigenvalue weighted by Gasteiger charge is 2.46. The average Bonchev–Trinajstić information content (AvgIpc) is 3.69. The number of nitrogens with zero attached hydrogens (tertiary/aromatic N) is 4. The Hall–Kier alpha value is -2.88. The van der Waals surface area contributed by atoms with Crippen LogP contribution in [0.3, 0.4) is 0 Å². The number of imidazole rings is 1. The maximum Gasteiger partial charge on any atom is 0.254 e. The number of nitrogens with two attached hydrogens (primary N) is 1. The van der Waals surface area contributed by atoms with Gasteiger partial charge in [-0.15, -0.1) is 11.3 Å². The third kappa shape index (κ3) is 3.78. The maximum atomic E-state index is 13.3. The summed E-state index contributed by atoms with van der Waals surface area (Å²) in [5.41, 5.74) is 10.8. The summed E-state index contributed by atoms with van der Waals surface area (Å²) in [5.74, 6) is 4.39. The standard InChI is InChI=1S/C28H30N4O3S.CH5N/c1-30-26-21(6-16(7-23(26)34-2)28(33)31-10-17-5-18(17)11-31)29-27(30)22-8-24-25(32(22)9-15-3-4-15)20(14-36-24)19-12-35-13-19;1-2/h6-8,14-15,17-19H,3-5,9-13H2,1-2H3;2H2,1H3/t17-,18?;/m0./s1. The van der Waals surface area contributed by atoms with E-state index in [1.165, 1.54) is 42.1 Å². The van der Waals surface area contributed by atoms with E-state index >= 15 is 0 Å². The summed E-state index contributed by atoms with van der Waals surface area (Å²) in [7, 11) is 5.24. The zero-order chi connectivity index (χ0) is 26.1. The van der Waals surface area contributed by atoms with E-state index < -0.39 is 0 Å². The van der Waals surface area contributed by atoms with Gasteiger partial charge in [0.25, 0.3) is 5.91 Å². The van der Waals surface area contributed by atoms with Crippen molar-refractivity contribution in [1.29, 1.82) is 0 Å². The second-order valence-electron chi connectivity index (χ2n) is 11.2. The molecule has 2 saturated carbocycles. The highest BCUT2D eigenvalue weighted by Crippen LogP contribution is 2.46. The van der Waals surface area contributed by atoms with Crippen LogP contribution in [0.2, 0.25) is 0 Å². The number of fused-ring (bicyclic) bond motifs is 3. The van der Waals surface area contributed by atoms with Gasteiger partial charge in [0.1, 0.15) is 11.3 Å². The van der Waals surface area contributed by atoms with Gasteiger partial charge in [0.2, 0.25) is 0 Å². The molecule has 2 aliphatic carbocycles. The monoisotopic (exact) mass is 533 g/mol. The number of hydrogen-bond donors (Lipinski definition) is 1. The number of aromatic nitrogens is 3. The predicted molar refractivity (Wildman–Crippen MR) is 150 cm³/mol. The van der Waals surface area contributed by atoms with Crippen molar-refractivity contribution in [2.45, 2.75) is 31.7 Å². The Morgan fingerprint density at radius 3 is 2.58 bits per heavy atom. The van der Waals surface area contributed by atoms with Crippen molar-refractivity contribution in [2.24, 2.45) is 30.5 Å². The number of aryl methyl sites for hydroxylation is 1. The lowest BCUT2D eigenvalue weighted by Crippen LogP contribution is -2.30. The van der Waals surface area contributed by atoms with Gasteiger partial charge < -0.3 is 29.2 Å². The molecule has 8 nitrogen and oxygen atoms in total. The van der Waals surface area contributed by atoms with Gasteiger partial charge in [-0.25, -0.2) is 4.98 Å². The summed E-state index contributed by atoms with van der Waals surface area (Å²) in [4.78, 5) is 20.4. The molecule has 200 valence electrons. The minimum absolute atomic E-state index is 0.0968. The van der Waals surface area contributed by atoms with Crippen molar-refractivity contribution in [3.8, 4) is 17.3 Å². The lowest BCUT2D eigenvalue weighted by atomic mass is 10.00. The third-order valence-corrected chi connectivity index (χ3v) is 9.70. The Morgan fingerprint density at radius 1 is 1.16 bits per heavy atom. The first-order chi connectivity index (χ1) is 18.6. The van der Waals surface area contributed by atoms with Crippen LogP contribution in [0.15, 0.2) is 23.6 Å². The van der Waals surface area contributed by atoms with Crippen LogP contribution < -0.4 is 10.5 Å². The maximum absolute atomic E-state index is 13.3. The van der Waals surface area contributed by atoms with Crippen LogP contribution >= 0.6 is 11.3 Å². The van der Waals surface area contributed by atoms with E-state index in [1.807, 2.05) is 28.4 Å². The number of thiophene rings is 1. The second-order valence-corrected chi connectivity index (χ2v) is 12.1. The fraction of sp³-hybridized carbons (Fsp3) is 0.517. The van der Waals surface area contributed by atoms with Gasteiger partial charge >= 0.3 is 0 Å². The van der Waals surface area contributed by atoms with Crippen LogP contribution in [-0.2, 0) is 18.3 Å². The molecule has 5 heterocycles. The summed E-state index contributed by atoms with van der Waals surface area (Å²) >= 11 is 1.82. The zero-order valence-corrected chi connectivity index (χ0v) is 23.1. The van der Waals surface area contributed by atoms with Crippen LogP contribution in [0.25, 0.3) is 32.8 Å². The van der Waals surface area contributed by atoms with E-state index in [-0.39, 0.29) is 5.91 Å². The Kier molecular flexibility index (Phi) is 5.79. The van der Waals surface area contributed by atoms with Crippen molar-refractivity contribution in [3.05, 3.63) is 34.7 Å². The molecule has 4 fully saturated rings. The van der Waals surface area contributed by atoms with E-state index in [0.717, 1.165) is 61.3 Å². The summed E-state index contributed by atoms with van der Waals surface area (Å²) in [6.07, 6.45) is 3.87. The van der Waals surface area contributed by atoms with Gasteiger partial charge in [-0.05, 0) is 73.2 Å². The molecule has 2 atom stereocenters. The summed E-state index contributed by atoms with van der Waals surface area (Å²) < 4.78 is 17.3. The first kappa shape index (κ1) is 24.2. The molecule has 2 saturated heterocycles. The Labute approximate surface area is 226 Å². The number of likely N-dealkylation sites (tertiary alicyclic amines) is 1. The summed E-state index contributed by atoms with van der Waals surface area (Å²) in [5, 5.41) is 2.32. The van der Waals surface area contributed by atoms with Gasteiger partial charge in [0.15, 0.2) is 5.82 Å². The molecule has 0 radical (unpaired) electrons. The Balaban J connectivity index is 0.00000118. The Bertz CT molecular complexity index is 1530. The van der Waals surface area contributed by atoms with Gasteiger partial charge in [-0.1, -0.05) is 0 Å². The minimum Gasteiger partial charge on any atom is -0.494 e. The van der Waals surface area contributed by atoms with Crippen LogP contribution in [0.4, 0.5) is 0 Å². The van der Waals surface area contributed by atoms with Crippen molar-refractivity contribution < 1.29 is 14.3 Å². The van der Waals surface area contributed by atoms with Gasteiger partial charge in [0, 0.05) is 38.2 Å². The Morgan fingerprint density at radius 2 is 1.92 bits per heavy atom. The number of ether oxygens (including phenoxy) is 2. The van der Waals surface area contributed by atoms with Crippen molar-refractivity contribution >= 4 is 38.5 Å². The molecule has 4 aromatic rings. The number of benzene rings is 1. The smallest absolute Gasteiger partial charge is 0.254 e. The first-order valence-corrected chi connectivity index (χ1v) is 14.6. The van der Waals surface area contributed by atoms with Crippen LogP contribution in [0.1, 0.15) is 41.1 Å². The fourth-order valence-corrected chi connectivity index (χ4v) is 7.38. The van der Waals surface area contributed by atoms with Gasteiger partial charge in [-0.2, -0.15) is 0 Å². The molecule has 1 unspecified atom stereocenters. The molecule has 0 spiro atoms. The normalized spacial score (nSPS) is 22.4. The quantitative estimate of drug-likeness (QED) is 0.396. The lowest BCUT2D eigenvalue weighted by molar-refractivity contribution is 0.00901. The van der Waals surface area contributed by atoms with E-state index in [0.29, 0.717) is 29.1 Å². The number of rotatable bonds is 6. The van der Waals surface area contributed by atoms with Crippen LogP contribution in [-0.4, -0.2) is 65.4 Å². The number of amides is 1. The molecule has 2 N–H and O–H groups in total. The van der Waals surface area contributed by atoms with E-state index in [9.17, 15) is 4.79 Å². The number of hydrogen-bond acceptors (Lipinski definition) is 6. The topological polar surface area (TPSA) is 87.5 Å². The van der Waals surface area contributed by atoms with Crippen molar-refractivity contribution in [3.63, 3.8) is 0 Å². The minimum atomic E-state index is 0.0968. The average molecular weight is 534 g/mol. The molecule has 3 aromatic heterocycles. The molecule has 0 bridgehead atoms. The number of methoxy groups -OCH3 is 1. The van der Waals surface area contributed by atoms with Crippen LogP contribution in [0.5, 0.6) is 5.75 Å². The van der Waals surface area contributed by atoms with Crippen molar-refractivity contribution in [1.82, 2.24) is 19.0 Å². The molecule has 9 heteroatoms. The first-order valence-electron chi connectivity index (χ1n) is 13.7. The molecule has 2 aliphatic heterocycles. The SMILES string of the molecule is CN.COc1cc(C(=O)N2CC3C[C@H]3C2)cc2nc(-c3cc4scc(C5COC5)c4n3CC3CC3)n(C)c12. The zero-order valence-electron chi connectivity index (χ0n) is 22.3. The summed E-state index contributed by atoms with van der Waals surface area (Å²) in [6.45, 7) is 4.43. The van der Waals surface area contributed by atoms with E-state index in [2.05, 4.69) is 33.4 Å². The van der Waals surface area contributed by atoms with Gasteiger partial charge in [-0.3, -0.25) is 4.79 Å². The third-order valence-electron chi connectivity index (χ3n) is 8.76. The van der Waals surface area contributed by atoms with Gasteiger partial charge in [0.05, 0.1) is 41.8 Å². The molecule has 8 rings (SSSR count). The molecule has 38 heavy (non-hydrogen) atoms. The highest BCUT2D eigenvalue weighted by atomic mass is 32.1. The van der Waals surface area contributed by atoms with Crippen molar-refractivity contribution in [2.75, 3.05) is 40.5 Å². The molecular formula is C29H35N5O3S. The number of piperidine rings is 1. The second kappa shape index (κ2) is 9.10. The number of carbonyl (C=O) groups is 1. The molecule has 4 aliphatic rings.